The van der Waals surface area contributed by atoms with E-state index in [4.69, 9.17) is 13.6 Å². The van der Waals surface area contributed by atoms with E-state index in [0.717, 1.165) is 37.8 Å². The second-order valence-electron chi connectivity index (χ2n) is 6.06. The molecule has 0 fully saturated rings. The van der Waals surface area contributed by atoms with Crippen molar-refractivity contribution in [2.75, 3.05) is 46.1 Å². The summed E-state index contributed by atoms with van der Waals surface area (Å²) in [6, 6.07) is 0.919. The monoisotopic (exact) mass is 346 g/mol. The van der Waals surface area contributed by atoms with Gasteiger partial charge in [0.05, 0.1) is 18.5 Å². The fourth-order valence-electron chi connectivity index (χ4n) is 2.81. The first-order valence-corrected chi connectivity index (χ1v) is 11.3. The maximum Gasteiger partial charge on any atom is 0.334 e. The van der Waals surface area contributed by atoms with Crippen LogP contribution in [-0.2, 0) is 13.6 Å². The van der Waals surface area contributed by atoms with Gasteiger partial charge in [-0.2, -0.15) is 0 Å². The minimum absolute atomic E-state index is 0.366. The number of amidine groups is 1. The van der Waals surface area contributed by atoms with E-state index in [1.165, 1.54) is 0 Å². The third-order valence-corrected chi connectivity index (χ3v) is 7.01. The molecule has 0 aliphatic carbocycles. The van der Waals surface area contributed by atoms with E-state index < -0.39 is 14.7 Å². The summed E-state index contributed by atoms with van der Waals surface area (Å²) in [4.78, 5) is 6.53. The third kappa shape index (κ3) is 8.26. The minimum atomic E-state index is -2.04. The lowest BCUT2D eigenvalue weighted by molar-refractivity contribution is 0.0253. The molecule has 6 nitrogen and oxygen atoms in total. The van der Waals surface area contributed by atoms with Gasteiger partial charge in [0.1, 0.15) is 0 Å². The number of aliphatic hydroxyl groups excluding tert-OH is 1. The van der Waals surface area contributed by atoms with Gasteiger partial charge < -0.3 is 23.6 Å². The van der Waals surface area contributed by atoms with Crippen LogP contribution < -0.4 is 0 Å². The predicted molar refractivity (Wildman–Crippen MR) is 95.3 cm³/mol. The van der Waals surface area contributed by atoms with Gasteiger partial charge in [-0.1, -0.05) is 0 Å². The SMILES string of the molecule is CCO[Si](C)(CCCOCC(O)CN1CCCN=C1C)OCC. The summed E-state index contributed by atoms with van der Waals surface area (Å²) in [5.74, 6) is 1.02. The fourth-order valence-corrected chi connectivity index (χ4v) is 5.19. The molecule has 0 aromatic heterocycles. The Balaban J connectivity index is 2.16. The first-order valence-electron chi connectivity index (χ1n) is 8.80. The summed E-state index contributed by atoms with van der Waals surface area (Å²) in [6.45, 7) is 13.0. The van der Waals surface area contributed by atoms with Gasteiger partial charge in [0.25, 0.3) is 0 Å². The molecule has 0 saturated carbocycles. The molecule has 1 aliphatic rings. The molecule has 7 heteroatoms. The lowest BCUT2D eigenvalue weighted by Gasteiger charge is -2.29. The van der Waals surface area contributed by atoms with Crippen LogP contribution in [0.25, 0.3) is 0 Å². The quantitative estimate of drug-likeness (QED) is 0.433. The zero-order valence-corrected chi connectivity index (χ0v) is 16.2. The Bertz CT molecular complexity index is 349. The van der Waals surface area contributed by atoms with Crippen LogP contribution in [0.3, 0.4) is 0 Å². The molecule has 0 saturated heterocycles. The smallest absolute Gasteiger partial charge is 0.334 e. The molecule has 1 N–H and O–H groups in total. The summed E-state index contributed by atoms with van der Waals surface area (Å²) in [5, 5.41) is 10.1. The van der Waals surface area contributed by atoms with Crippen LogP contribution in [0, 0.1) is 0 Å². The highest BCUT2D eigenvalue weighted by atomic mass is 28.4. The number of β-amino-alcohol motifs (C(OH)–C–C–N with tert-alkyl or cyclic N) is 1. The lowest BCUT2D eigenvalue weighted by Crippen LogP contribution is -2.41. The Hall–Kier alpha value is -0.473. The second-order valence-corrected chi connectivity index (χ2v) is 9.41. The molecule has 1 aliphatic heterocycles. The van der Waals surface area contributed by atoms with E-state index in [9.17, 15) is 5.11 Å². The van der Waals surface area contributed by atoms with E-state index >= 15 is 0 Å². The molecule has 0 spiro atoms. The number of nitrogens with zero attached hydrogens (tertiary/aromatic N) is 2. The molecule has 23 heavy (non-hydrogen) atoms. The van der Waals surface area contributed by atoms with Crippen molar-refractivity contribution in [1.29, 1.82) is 0 Å². The molecular formula is C16H34N2O4Si. The van der Waals surface area contributed by atoms with Gasteiger partial charge in [-0.15, -0.1) is 0 Å². The lowest BCUT2D eigenvalue weighted by atomic mass is 10.2. The Morgan fingerprint density at radius 2 is 2.00 bits per heavy atom. The Kier molecular flexibility index (Phi) is 9.97. The minimum Gasteiger partial charge on any atom is -0.395 e. The van der Waals surface area contributed by atoms with Crippen LogP contribution in [0.4, 0.5) is 0 Å². The van der Waals surface area contributed by atoms with Crippen molar-refractivity contribution in [2.45, 2.75) is 52.3 Å². The molecular weight excluding hydrogens is 312 g/mol. The van der Waals surface area contributed by atoms with Crippen molar-refractivity contribution < 1.29 is 18.7 Å². The molecule has 0 aromatic carbocycles. The molecule has 1 unspecified atom stereocenters. The third-order valence-electron chi connectivity index (χ3n) is 3.94. The van der Waals surface area contributed by atoms with Crippen molar-refractivity contribution >= 4 is 14.4 Å². The molecule has 0 radical (unpaired) electrons. The van der Waals surface area contributed by atoms with Gasteiger partial charge in [0, 0.05) is 39.5 Å². The number of aliphatic hydroxyl groups is 1. The van der Waals surface area contributed by atoms with E-state index in [2.05, 4.69) is 16.4 Å². The zero-order chi connectivity index (χ0) is 17.1. The summed E-state index contributed by atoms with van der Waals surface area (Å²) in [7, 11) is -2.04. The molecule has 1 heterocycles. The van der Waals surface area contributed by atoms with Gasteiger partial charge in [-0.25, -0.2) is 0 Å². The predicted octanol–water partition coefficient (Wildman–Crippen LogP) is 2.02. The first-order chi connectivity index (χ1) is 11.0. The number of aliphatic imine (C=N–C) groups is 1. The van der Waals surface area contributed by atoms with E-state index in [-0.39, 0.29) is 0 Å². The Morgan fingerprint density at radius 1 is 1.30 bits per heavy atom. The van der Waals surface area contributed by atoms with Gasteiger partial charge in [-0.05, 0) is 46.2 Å². The first kappa shape index (κ1) is 20.6. The number of rotatable bonds is 12. The van der Waals surface area contributed by atoms with Gasteiger partial charge in [0.15, 0.2) is 0 Å². The highest BCUT2D eigenvalue weighted by molar-refractivity contribution is 6.66. The number of hydrogen-bond donors (Lipinski definition) is 1. The summed E-state index contributed by atoms with van der Waals surface area (Å²) < 4.78 is 17.2. The normalized spacial score (nSPS) is 17.3. The van der Waals surface area contributed by atoms with Gasteiger partial charge >= 0.3 is 8.56 Å². The highest BCUT2D eigenvalue weighted by Gasteiger charge is 2.29. The highest BCUT2D eigenvalue weighted by Crippen LogP contribution is 2.16. The van der Waals surface area contributed by atoms with E-state index in [1.807, 2.05) is 20.8 Å². The molecule has 0 amide bonds. The standard InChI is InChI=1S/C16H34N2O4Si/c1-5-21-23(4,22-6-2)12-8-11-20-14-16(19)13-18-10-7-9-17-15(18)3/h16,19H,5-14H2,1-4H3. The molecule has 136 valence electrons. The average Bonchev–Trinajstić information content (AvgIpc) is 2.50. The Labute approximate surface area is 142 Å². The largest absolute Gasteiger partial charge is 0.395 e. The van der Waals surface area contributed by atoms with E-state index in [1.54, 1.807) is 0 Å². The topological polar surface area (TPSA) is 63.5 Å². The zero-order valence-electron chi connectivity index (χ0n) is 15.2. The maximum absolute atomic E-state index is 10.1. The van der Waals surface area contributed by atoms with Crippen molar-refractivity contribution in [3.8, 4) is 0 Å². The number of ether oxygens (including phenoxy) is 1. The average molecular weight is 347 g/mol. The molecule has 0 aromatic rings. The summed E-state index contributed by atoms with van der Waals surface area (Å²) in [6.07, 6.45) is 1.49. The second kappa shape index (κ2) is 11.1. The van der Waals surface area contributed by atoms with Crippen LogP contribution in [0.15, 0.2) is 4.99 Å². The van der Waals surface area contributed by atoms with Gasteiger partial charge in [0.2, 0.25) is 0 Å². The van der Waals surface area contributed by atoms with Gasteiger partial charge in [-0.3, -0.25) is 4.99 Å². The summed E-state index contributed by atoms with van der Waals surface area (Å²) >= 11 is 0. The van der Waals surface area contributed by atoms with Crippen molar-refractivity contribution in [3.05, 3.63) is 0 Å². The van der Waals surface area contributed by atoms with Crippen molar-refractivity contribution in [3.63, 3.8) is 0 Å². The van der Waals surface area contributed by atoms with E-state index in [0.29, 0.717) is 33.0 Å². The molecule has 1 atom stereocenters. The van der Waals surface area contributed by atoms with Crippen molar-refractivity contribution in [2.24, 2.45) is 4.99 Å². The Morgan fingerprint density at radius 3 is 2.61 bits per heavy atom. The van der Waals surface area contributed by atoms with Crippen LogP contribution in [0.5, 0.6) is 0 Å². The fraction of sp³-hybridized carbons (Fsp3) is 0.938. The van der Waals surface area contributed by atoms with Crippen LogP contribution in [0.2, 0.25) is 12.6 Å². The number of hydrogen-bond acceptors (Lipinski definition) is 6. The molecule has 1 rings (SSSR count). The summed E-state index contributed by atoms with van der Waals surface area (Å²) in [5.41, 5.74) is 0. The van der Waals surface area contributed by atoms with Crippen molar-refractivity contribution in [1.82, 2.24) is 4.90 Å². The maximum atomic E-state index is 10.1. The van der Waals surface area contributed by atoms with Crippen LogP contribution >= 0.6 is 0 Å². The molecule has 0 bridgehead atoms. The van der Waals surface area contributed by atoms with Crippen LogP contribution in [-0.4, -0.2) is 76.6 Å². The van der Waals surface area contributed by atoms with Crippen LogP contribution in [0.1, 0.15) is 33.6 Å².